The number of nitrogens with one attached hydrogen (secondary N) is 2. The van der Waals surface area contributed by atoms with E-state index in [0.717, 1.165) is 56.1 Å². The number of carbonyl (C=O) groups excluding carboxylic acids is 1. The minimum absolute atomic E-state index is 0.0336. The SMILES string of the molecule is O=C1N[C@@H]2CCCCCCCCc3ccccc3-c3cc(nc(n3)NS(=O)(=O)c3cccc1c3)OC2. The fourth-order valence-electron chi connectivity index (χ4n) is 4.72. The van der Waals surface area contributed by atoms with Crippen LogP contribution in [-0.4, -0.2) is 36.9 Å². The van der Waals surface area contributed by atoms with Gasteiger partial charge in [0, 0.05) is 17.2 Å². The molecule has 5 rings (SSSR count). The number of aromatic nitrogens is 2. The van der Waals surface area contributed by atoms with E-state index < -0.39 is 10.0 Å². The minimum Gasteiger partial charge on any atom is -0.475 e. The van der Waals surface area contributed by atoms with E-state index in [9.17, 15) is 13.2 Å². The zero-order chi connectivity index (χ0) is 25.0. The van der Waals surface area contributed by atoms with Gasteiger partial charge in [-0.2, -0.15) is 4.98 Å². The van der Waals surface area contributed by atoms with Crippen molar-refractivity contribution < 1.29 is 17.9 Å². The number of nitrogens with zero attached hydrogens (tertiary/aromatic N) is 2. The summed E-state index contributed by atoms with van der Waals surface area (Å²) in [6.45, 7) is 0.218. The standard InChI is InChI=1S/C27H30N4O4S/c32-26-20-12-9-14-22(16-20)36(33,34)31-27-29-24-17-25(30-27)35-18-21(28-26)13-6-4-2-1-3-5-10-19-11-7-8-15-23(19)24/h7-9,11-12,14-17,21H,1-6,10,13,18H2,(H,28,32)(H,29,30,31)/t21-/m1/s1. The molecule has 0 saturated carbocycles. The van der Waals surface area contributed by atoms with Gasteiger partial charge in [-0.1, -0.05) is 62.4 Å². The molecule has 0 spiro atoms. The van der Waals surface area contributed by atoms with Crippen molar-refractivity contribution >= 4 is 21.9 Å². The van der Waals surface area contributed by atoms with Gasteiger partial charge in [0.25, 0.3) is 15.9 Å². The Morgan fingerprint density at radius 3 is 2.58 bits per heavy atom. The van der Waals surface area contributed by atoms with Crippen LogP contribution < -0.4 is 14.8 Å². The van der Waals surface area contributed by atoms with Gasteiger partial charge in [0.2, 0.25) is 11.8 Å². The normalized spacial score (nSPS) is 20.1. The van der Waals surface area contributed by atoms with Crippen molar-refractivity contribution in [3.8, 4) is 17.1 Å². The summed E-state index contributed by atoms with van der Waals surface area (Å²) < 4.78 is 34.9. The lowest BCUT2D eigenvalue weighted by Gasteiger charge is -2.20. The first-order valence-corrected chi connectivity index (χ1v) is 14.0. The van der Waals surface area contributed by atoms with E-state index in [0.29, 0.717) is 5.69 Å². The molecular formula is C27H30N4O4S. The molecule has 1 amide bonds. The topological polar surface area (TPSA) is 110 Å². The van der Waals surface area contributed by atoms with Gasteiger partial charge in [-0.3, -0.25) is 4.79 Å². The van der Waals surface area contributed by atoms with Gasteiger partial charge in [0.1, 0.15) is 6.61 Å². The Kier molecular flexibility index (Phi) is 7.18. The van der Waals surface area contributed by atoms with Crippen LogP contribution in [0.15, 0.2) is 59.5 Å². The van der Waals surface area contributed by atoms with Crippen LogP contribution in [0.4, 0.5) is 5.95 Å². The molecule has 2 aliphatic heterocycles. The quantitative estimate of drug-likeness (QED) is 0.456. The average Bonchev–Trinajstić information content (AvgIpc) is 2.87. The second kappa shape index (κ2) is 10.7. The number of sulfonamides is 1. The first-order chi connectivity index (χ1) is 17.5. The number of hydrogen-bond donors (Lipinski definition) is 2. The summed E-state index contributed by atoms with van der Waals surface area (Å²) in [6.07, 6.45) is 8.27. The van der Waals surface area contributed by atoms with Gasteiger partial charge < -0.3 is 10.1 Å². The summed E-state index contributed by atoms with van der Waals surface area (Å²) in [5, 5.41) is 3.03. The minimum atomic E-state index is -4.04. The Bertz CT molecular complexity index is 1360. The highest BCUT2D eigenvalue weighted by Gasteiger charge is 2.22. The maximum absolute atomic E-state index is 13.2. The fourth-order valence-corrected chi connectivity index (χ4v) is 5.71. The van der Waals surface area contributed by atoms with Crippen molar-refractivity contribution in [1.82, 2.24) is 15.3 Å². The summed E-state index contributed by atoms with van der Waals surface area (Å²) in [7, 11) is -4.04. The largest absolute Gasteiger partial charge is 0.475 e. The maximum Gasteiger partial charge on any atom is 0.264 e. The Balaban J connectivity index is 1.63. The number of aryl methyl sites for hydroxylation is 1. The lowest BCUT2D eigenvalue weighted by Crippen LogP contribution is -2.39. The van der Waals surface area contributed by atoms with Gasteiger partial charge in [-0.05, 0) is 43.0 Å². The third-order valence-electron chi connectivity index (χ3n) is 6.64. The Labute approximate surface area is 211 Å². The van der Waals surface area contributed by atoms with Crippen LogP contribution in [0.1, 0.15) is 60.9 Å². The highest BCUT2D eigenvalue weighted by atomic mass is 32.2. The molecule has 2 N–H and O–H groups in total. The molecule has 3 heterocycles. The lowest BCUT2D eigenvalue weighted by atomic mass is 9.98. The van der Waals surface area contributed by atoms with Crippen molar-refractivity contribution in [2.75, 3.05) is 11.3 Å². The van der Waals surface area contributed by atoms with Crippen LogP contribution in [0, 0.1) is 0 Å². The van der Waals surface area contributed by atoms with E-state index in [2.05, 4.69) is 26.1 Å². The molecule has 0 aliphatic carbocycles. The van der Waals surface area contributed by atoms with E-state index in [1.807, 2.05) is 18.2 Å². The van der Waals surface area contributed by atoms with E-state index in [1.54, 1.807) is 18.2 Å². The van der Waals surface area contributed by atoms with Crippen molar-refractivity contribution in [1.29, 1.82) is 0 Å². The summed E-state index contributed by atoms with van der Waals surface area (Å²) >= 11 is 0. The number of benzene rings is 2. The Hall–Kier alpha value is -3.46. The molecule has 2 aromatic carbocycles. The van der Waals surface area contributed by atoms with Gasteiger partial charge in [-0.25, -0.2) is 18.1 Å². The van der Waals surface area contributed by atoms with Crippen molar-refractivity contribution in [2.45, 2.75) is 62.3 Å². The highest BCUT2D eigenvalue weighted by Crippen LogP contribution is 2.29. The smallest absolute Gasteiger partial charge is 0.264 e. The van der Waals surface area contributed by atoms with E-state index in [4.69, 9.17) is 4.74 Å². The molecule has 9 heteroatoms. The van der Waals surface area contributed by atoms with Gasteiger partial charge in [0.05, 0.1) is 16.6 Å². The number of rotatable bonds is 0. The zero-order valence-electron chi connectivity index (χ0n) is 20.1. The number of ether oxygens (including phenoxy) is 1. The summed E-state index contributed by atoms with van der Waals surface area (Å²) in [4.78, 5) is 21.9. The monoisotopic (exact) mass is 506 g/mol. The molecule has 36 heavy (non-hydrogen) atoms. The van der Waals surface area contributed by atoms with Crippen LogP contribution in [0.5, 0.6) is 5.88 Å². The number of carbonyl (C=O) groups is 1. The van der Waals surface area contributed by atoms with Crippen LogP contribution in [-0.2, 0) is 16.4 Å². The van der Waals surface area contributed by atoms with Crippen LogP contribution in [0.2, 0.25) is 0 Å². The van der Waals surface area contributed by atoms with Crippen LogP contribution in [0.3, 0.4) is 0 Å². The van der Waals surface area contributed by atoms with Crippen molar-refractivity contribution in [3.05, 3.63) is 65.7 Å². The van der Waals surface area contributed by atoms with Crippen LogP contribution in [0.25, 0.3) is 11.3 Å². The van der Waals surface area contributed by atoms with E-state index >= 15 is 0 Å². The average molecular weight is 507 g/mol. The third-order valence-corrected chi connectivity index (χ3v) is 7.97. The predicted molar refractivity (Wildman–Crippen MR) is 137 cm³/mol. The molecular weight excluding hydrogens is 476 g/mol. The molecule has 0 unspecified atom stereocenters. The van der Waals surface area contributed by atoms with E-state index in [1.165, 1.54) is 18.6 Å². The molecule has 8 nitrogen and oxygen atoms in total. The van der Waals surface area contributed by atoms with Crippen molar-refractivity contribution in [2.24, 2.45) is 0 Å². The number of anilines is 1. The second-order valence-electron chi connectivity index (χ2n) is 9.35. The Morgan fingerprint density at radius 2 is 1.69 bits per heavy atom. The summed E-state index contributed by atoms with van der Waals surface area (Å²) in [5.41, 5.74) is 2.94. The maximum atomic E-state index is 13.2. The van der Waals surface area contributed by atoms with Gasteiger partial charge in [0.15, 0.2) is 0 Å². The molecule has 6 bridgehead atoms. The number of amides is 1. The molecule has 1 atom stereocenters. The first kappa shape index (κ1) is 24.2. The molecule has 0 fully saturated rings. The molecule has 0 radical (unpaired) electrons. The number of fused-ring (bicyclic) bond motifs is 8. The van der Waals surface area contributed by atoms with Gasteiger partial charge in [-0.15, -0.1) is 0 Å². The predicted octanol–water partition coefficient (Wildman–Crippen LogP) is 4.72. The molecule has 188 valence electrons. The van der Waals surface area contributed by atoms with Crippen LogP contribution >= 0.6 is 0 Å². The first-order valence-electron chi connectivity index (χ1n) is 12.5. The number of hydrogen-bond acceptors (Lipinski definition) is 6. The third kappa shape index (κ3) is 5.67. The highest BCUT2D eigenvalue weighted by molar-refractivity contribution is 7.92. The molecule has 1 aromatic heterocycles. The molecule has 2 aliphatic rings. The zero-order valence-corrected chi connectivity index (χ0v) is 20.9. The van der Waals surface area contributed by atoms with Gasteiger partial charge >= 0.3 is 0 Å². The Morgan fingerprint density at radius 1 is 0.889 bits per heavy atom. The molecule has 0 saturated heterocycles. The van der Waals surface area contributed by atoms with Crippen molar-refractivity contribution in [3.63, 3.8) is 0 Å². The van der Waals surface area contributed by atoms with E-state index in [-0.39, 0.29) is 40.8 Å². The fraction of sp³-hybridized carbons (Fsp3) is 0.370. The molecule has 3 aromatic rings. The second-order valence-corrected chi connectivity index (χ2v) is 11.0. The summed E-state index contributed by atoms with van der Waals surface area (Å²) in [5.74, 6) is -0.148. The summed E-state index contributed by atoms with van der Waals surface area (Å²) in [6, 6.07) is 15.5. The lowest BCUT2D eigenvalue weighted by molar-refractivity contribution is 0.0916.